The molecule has 6 nitrogen and oxygen atoms in total. The Morgan fingerprint density at radius 1 is 1.05 bits per heavy atom. The minimum Gasteiger partial charge on any atom is -0.370 e. The lowest BCUT2D eigenvalue weighted by Crippen LogP contribution is -2.21. The Balaban J connectivity index is 2.01. The second kappa shape index (κ2) is 5.69. The van der Waals surface area contributed by atoms with Crippen molar-refractivity contribution in [3.8, 4) is 16.9 Å². The van der Waals surface area contributed by atoms with Crippen molar-refractivity contribution in [2.24, 2.45) is 16.5 Å². The number of para-hydroxylation sites is 1. The maximum absolute atomic E-state index is 5.47. The van der Waals surface area contributed by atoms with Gasteiger partial charge in [0.25, 0.3) is 0 Å². The third-order valence-electron chi connectivity index (χ3n) is 3.22. The smallest absolute Gasteiger partial charge is 0.191 e. The van der Waals surface area contributed by atoms with Crippen LogP contribution in [-0.2, 0) is 0 Å². The predicted octanol–water partition coefficient (Wildman–Crippen LogP) is 2.15. The highest BCUT2D eigenvalue weighted by molar-refractivity contribution is 5.83. The lowest BCUT2D eigenvalue weighted by molar-refractivity contribution is 0.803. The molecule has 0 saturated carbocycles. The van der Waals surface area contributed by atoms with Crippen LogP contribution < -0.4 is 11.5 Å². The summed E-state index contributed by atoms with van der Waals surface area (Å²) in [4.78, 5) is 4.12. The number of guanidine groups is 1. The number of hydrogen-bond donors (Lipinski definition) is 2. The zero-order valence-electron chi connectivity index (χ0n) is 12.1. The van der Waals surface area contributed by atoms with Gasteiger partial charge in [-0.15, -0.1) is 5.10 Å². The van der Waals surface area contributed by atoms with Crippen LogP contribution in [0.4, 0.5) is 5.69 Å². The maximum atomic E-state index is 5.47. The van der Waals surface area contributed by atoms with Gasteiger partial charge in [-0.1, -0.05) is 41.1 Å². The number of nitrogens with zero attached hydrogens (tertiary/aromatic N) is 4. The molecule has 0 radical (unpaired) electrons. The Bertz CT molecular complexity index is 813. The highest BCUT2D eigenvalue weighted by atomic mass is 15.4. The molecule has 0 saturated heterocycles. The van der Waals surface area contributed by atoms with Crippen LogP contribution >= 0.6 is 0 Å². The van der Waals surface area contributed by atoms with Crippen LogP contribution in [0.2, 0.25) is 0 Å². The summed E-state index contributed by atoms with van der Waals surface area (Å²) in [6.07, 6.45) is 1.85. The van der Waals surface area contributed by atoms with Crippen LogP contribution in [0.25, 0.3) is 16.9 Å². The molecule has 0 amide bonds. The van der Waals surface area contributed by atoms with Gasteiger partial charge in [0.2, 0.25) is 0 Å². The Morgan fingerprint density at radius 2 is 1.77 bits per heavy atom. The van der Waals surface area contributed by atoms with E-state index in [-0.39, 0.29) is 5.96 Å². The van der Waals surface area contributed by atoms with Gasteiger partial charge in [0.1, 0.15) is 5.69 Å². The molecule has 1 aromatic heterocycles. The second-order valence-electron chi connectivity index (χ2n) is 4.94. The third kappa shape index (κ3) is 2.80. The van der Waals surface area contributed by atoms with Crippen molar-refractivity contribution in [1.82, 2.24) is 15.0 Å². The first-order chi connectivity index (χ1) is 10.6. The highest BCUT2D eigenvalue weighted by Crippen LogP contribution is 2.28. The average Bonchev–Trinajstić information content (AvgIpc) is 2.97. The molecule has 0 aliphatic heterocycles. The largest absolute Gasteiger partial charge is 0.370 e. The topological polar surface area (TPSA) is 95.1 Å². The molecule has 110 valence electrons. The first-order valence-electron chi connectivity index (χ1n) is 6.82. The standard InChI is InChI=1S/C16H16N6/c1-11-6-8-12(9-7-11)22-10-15(20-21-22)13-4-2-3-5-14(13)19-16(17)18/h2-10H,1H3,(H4,17,18,19). The van der Waals surface area contributed by atoms with Crippen molar-refractivity contribution in [2.45, 2.75) is 6.92 Å². The van der Waals surface area contributed by atoms with Gasteiger partial charge in [0.05, 0.1) is 17.6 Å². The summed E-state index contributed by atoms with van der Waals surface area (Å²) in [5.41, 5.74) is 15.3. The summed E-state index contributed by atoms with van der Waals surface area (Å²) < 4.78 is 1.72. The molecule has 2 aromatic carbocycles. The van der Waals surface area contributed by atoms with E-state index in [4.69, 9.17) is 11.5 Å². The lowest BCUT2D eigenvalue weighted by Gasteiger charge is -2.02. The summed E-state index contributed by atoms with van der Waals surface area (Å²) in [6, 6.07) is 15.6. The number of aliphatic imine (C=N–C) groups is 1. The fourth-order valence-electron chi connectivity index (χ4n) is 2.14. The zero-order valence-corrected chi connectivity index (χ0v) is 12.1. The molecule has 0 bridgehead atoms. The van der Waals surface area contributed by atoms with E-state index in [1.807, 2.05) is 61.7 Å². The number of hydrogen-bond acceptors (Lipinski definition) is 3. The molecule has 0 aliphatic carbocycles. The molecule has 0 atom stereocenters. The Morgan fingerprint density at radius 3 is 2.50 bits per heavy atom. The fraction of sp³-hybridized carbons (Fsp3) is 0.0625. The fourth-order valence-corrected chi connectivity index (χ4v) is 2.14. The normalized spacial score (nSPS) is 10.4. The summed E-state index contributed by atoms with van der Waals surface area (Å²) >= 11 is 0. The van der Waals surface area contributed by atoms with E-state index in [9.17, 15) is 0 Å². The summed E-state index contributed by atoms with van der Waals surface area (Å²) in [5, 5.41) is 8.38. The molecular formula is C16H16N6. The van der Waals surface area contributed by atoms with Crippen LogP contribution in [0.1, 0.15) is 5.56 Å². The summed E-state index contributed by atoms with van der Waals surface area (Å²) in [5.74, 6) is 0.0124. The Hall–Kier alpha value is -3.15. The number of nitrogens with two attached hydrogens (primary N) is 2. The van der Waals surface area contributed by atoms with Gasteiger partial charge >= 0.3 is 0 Å². The van der Waals surface area contributed by atoms with Crippen LogP contribution in [0.5, 0.6) is 0 Å². The summed E-state index contributed by atoms with van der Waals surface area (Å²) in [6.45, 7) is 2.04. The van der Waals surface area contributed by atoms with Crippen molar-refractivity contribution in [3.63, 3.8) is 0 Å². The SMILES string of the molecule is Cc1ccc(-n2cc(-c3ccccc3N=C(N)N)nn2)cc1. The Labute approximate surface area is 128 Å². The molecule has 22 heavy (non-hydrogen) atoms. The number of aromatic nitrogens is 3. The number of aryl methyl sites for hydroxylation is 1. The van der Waals surface area contributed by atoms with Gasteiger partial charge < -0.3 is 11.5 Å². The molecule has 3 rings (SSSR count). The minimum absolute atomic E-state index is 0.0124. The van der Waals surface area contributed by atoms with E-state index < -0.39 is 0 Å². The van der Waals surface area contributed by atoms with Crippen LogP contribution in [0, 0.1) is 6.92 Å². The van der Waals surface area contributed by atoms with Crippen molar-refractivity contribution in [2.75, 3.05) is 0 Å². The predicted molar refractivity (Wildman–Crippen MR) is 87.0 cm³/mol. The molecule has 0 fully saturated rings. The molecule has 4 N–H and O–H groups in total. The number of rotatable bonds is 3. The van der Waals surface area contributed by atoms with E-state index in [1.165, 1.54) is 5.56 Å². The average molecular weight is 292 g/mol. The first kappa shape index (κ1) is 13.8. The van der Waals surface area contributed by atoms with Crippen LogP contribution in [0.15, 0.2) is 59.7 Å². The highest BCUT2D eigenvalue weighted by Gasteiger charge is 2.09. The van der Waals surface area contributed by atoms with E-state index in [0.717, 1.165) is 11.3 Å². The quantitative estimate of drug-likeness (QED) is 0.571. The van der Waals surface area contributed by atoms with Crippen molar-refractivity contribution >= 4 is 11.6 Å². The monoisotopic (exact) mass is 292 g/mol. The Kier molecular flexibility index (Phi) is 3.57. The number of benzene rings is 2. The van der Waals surface area contributed by atoms with Gasteiger partial charge in [0, 0.05) is 5.56 Å². The lowest BCUT2D eigenvalue weighted by atomic mass is 10.1. The van der Waals surface area contributed by atoms with E-state index in [2.05, 4.69) is 15.3 Å². The molecule has 0 unspecified atom stereocenters. The molecule has 1 heterocycles. The minimum atomic E-state index is 0.0124. The summed E-state index contributed by atoms with van der Waals surface area (Å²) in [7, 11) is 0. The zero-order chi connectivity index (χ0) is 15.5. The van der Waals surface area contributed by atoms with Crippen molar-refractivity contribution in [1.29, 1.82) is 0 Å². The van der Waals surface area contributed by atoms with Crippen LogP contribution in [-0.4, -0.2) is 21.0 Å². The first-order valence-corrected chi connectivity index (χ1v) is 6.82. The van der Waals surface area contributed by atoms with E-state index in [1.54, 1.807) is 4.68 Å². The van der Waals surface area contributed by atoms with Crippen LogP contribution in [0.3, 0.4) is 0 Å². The van der Waals surface area contributed by atoms with Gasteiger partial charge in [-0.05, 0) is 25.1 Å². The van der Waals surface area contributed by atoms with E-state index >= 15 is 0 Å². The second-order valence-corrected chi connectivity index (χ2v) is 4.94. The molecule has 6 heteroatoms. The molecule has 0 aliphatic rings. The van der Waals surface area contributed by atoms with Crippen molar-refractivity contribution < 1.29 is 0 Å². The van der Waals surface area contributed by atoms with Gasteiger partial charge in [-0.3, -0.25) is 0 Å². The third-order valence-corrected chi connectivity index (χ3v) is 3.22. The molecular weight excluding hydrogens is 276 g/mol. The van der Waals surface area contributed by atoms with Gasteiger partial charge in [-0.25, -0.2) is 9.67 Å². The van der Waals surface area contributed by atoms with E-state index in [0.29, 0.717) is 11.4 Å². The van der Waals surface area contributed by atoms with Gasteiger partial charge in [-0.2, -0.15) is 0 Å². The molecule has 0 spiro atoms. The van der Waals surface area contributed by atoms with Crippen molar-refractivity contribution in [3.05, 3.63) is 60.3 Å². The maximum Gasteiger partial charge on any atom is 0.191 e. The van der Waals surface area contributed by atoms with Gasteiger partial charge in [0.15, 0.2) is 5.96 Å². The molecule has 3 aromatic rings.